The number of aromatic amines is 1. The number of benzene rings is 2. The summed E-state index contributed by atoms with van der Waals surface area (Å²) in [6.45, 7) is 2.02. The van der Waals surface area contributed by atoms with E-state index < -0.39 is 4.92 Å². The largest absolute Gasteiger partial charge is 0.382 e. The summed E-state index contributed by atoms with van der Waals surface area (Å²) in [4.78, 5) is 10.3. The van der Waals surface area contributed by atoms with E-state index in [1.807, 2.05) is 37.3 Å². The fraction of sp³-hybridized carbons (Fsp3) is 0.0556. The second-order valence-electron chi connectivity index (χ2n) is 6.04. The number of nitrogens with two attached hydrogens (primary N) is 1. The Morgan fingerprint density at radius 2 is 1.81 bits per heavy atom. The molecule has 0 spiro atoms. The van der Waals surface area contributed by atoms with Crippen molar-refractivity contribution in [3.8, 4) is 28.3 Å². The first-order chi connectivity index (χ1) is 13.0. The Hall–Kier alpha value is -4.01. The number of anilines is 1. The molecule has 9 nitrogen and oxygen atoms in total. The first-order valence-corrected chi connectivity index (χ1v) is 8.12. The minimum absolute atomic E-state index is 0.00559. The van der Waals surface area contributed by atoms with Gasteiger partial charge < -0.3 is 5.73 Å². The number of non-ortho nitro benzene ring substituents is 1. The smallest absolute Gasteiger partial charge is 0.269 e. The van der Waals surface area contributed by atoms with E-state index >= 15 is 0 Å². The predicted molar refractivity (Wildman–Crippen MR) is 100 cm³/mol. The highest BCUT2D eigenvalue weighted by Crippen LogP contribution is 2.28. The van der Waals surface area contributed by atoms with E-state index in [9.17, 15) is 10.1 Å². The predicted octanol–water partition coefficient (Wildman–Crippen LogP) is 3.12. The zero-order chi connectivity index (χ0) is 19.0. The number of hydrogen-bond donors (Lipinski definition) is 2. The lowest BCUT2D eigenvalue weighted by molar-refractivity contribution is -0.384. The molecule has 3 N–H and O–H groups in total. The number of nitrogens with zero attached hydrogens (tertiary/aromatic N) is 5. The molecule has 2 heterocycles. The Kier molecular flexibility index (Phi) is 3.88. The molecule has 0 saturated heterocycles. The normalized spacial score (nSPS) is 10.9. The molecule has 0 unspecified atom stereocenters. The SMILES string of the molecule is Cc1ccc(-c2cc(-c3nnn(-c4ccc([N+](=O)[O-])cc4)c3N)[nH]n2)cc1. The van der Waals surface area contributed by atoms with Crippen molar-refractivity contribution >= 4 is 11.5 Å². The molecule has 0 aliphatic heterocycles. The summed E-state index contributed by atoms with van der Waals surface area (Å²) >= 11 is 0. The Bertz CT molecular complexity index is 1110. The van der Waals surface area contributed by atoms with Gasteiger partial charge in [-0.3, -0.25) is 15.2 Å². The van der Waals surface area contributed by atoms with Crippen molar-refractivity contribution in [3.63, 3.8) is 0 Å². The van der Waals surface area contributed by atoms with Gasteiger partial charge in [0.15, 0.2) is 11.5 Å². The van der Waals surface area contributed by atoms with Crippen LogP contribution in [0, 0.1) is 17.0 Å². The molecule has 27 heavy (non-hydrogen) atoms. The molecule has 2 aromatic heterocycles. The number of aryl methyl sites for hydroxylation is 1. The van der Waals surface area contributed by atoms with Crippen LogP contribution >= 0.6 is 0 Å². The third-order valence-electron chi connectivity index (χ3n) is 4.19. The molecule has 0 radical (unpaired) electrons. The monoisotopic (exact) mass is 361 g/mol. The van der Waals surface area contributed by atoms with Gasteiger partial charge >= 0.3 is 0 Å². The second-order valence-corrected chi connectivity index (χ2v) is 6.04. The van der Waals surface area contributed by atoms with Crippen molar-refractivity contribution in [2.45, 2.75) is 6.92 Å². The molecule has 134 valence electrons. The van der Waals surface area contributed by atoms with Gasteiger partial charge in [0.1, 0.15) is 0 Å². The molecule has 2 aromatic carbocycles. The molecule has 9 heteroatoms. The molecule has 0 bridgehead atoms. The standard InChI is InChI=1S/C18H15N7O2/c1-11-2-4-12(5-3-11)15-10-16(21-20-15)17-18(19)24(23-22-17)13-6-8-14(9-7-13)25(26)27/h2-10H,19H2,1H3,(H,20,21). The highest BCUT2D eigenvalue weighted by atomic mass is 16.6. The Morgan fingerprint density at radius 3 is 2.48 bits per heavy atom. The lowest BCUT2D eigenvalue weighted by Gasteiger charge is -2.02. The van der Waals surface area contributed by atoms with Gasteiger partial charge in [-0.1, -0.05) is 35.0 Å². The maximum Gasteiger partial charge on any atom is 0.269 e. The first-order valence-electron chi connectivity index (χ1n) is 8.12. The van der Waals surface area contributed by atoms with Crippen LogP contribution < -0.4 is 5.73 Å². The van der Waals surface area contributed by atoms with Gasteiger partial charge in [0.05, 0.1) is 22.0 Å². The summed E-state index contributed by atoms with van der Waals surface area (Å²) in [7, 11) is 0. The van der Waals surface area contributed by atoms with E-state index in [-0.39, 0.29) is 5.69 Å². The molecule has 0 aliphatic rings. The second kappa shape index (κ2) is 6.37. The lowest BCUT2D eigenvalue weighted by atomic mass is 10.1. The number of hydrogen-bond acceptors (Lipinski definition) is 6. The first kappa shape index (κ1) is 16.5. The fourth-order valence-electron chi connectivity index (χ4n) is 2.70. The van der Waals surface area contributed by atoms with Crippen LogP contribution in [0.4, 0.5) is 11.5 Å². The van der Waals surface area contributed by atoms with Gasteiger partial charge in [0.2, 0.25) is 0 Å². The third-order valence-corrected chi connectivity index (χ3v) is 4.19. The minimum Gasteiger partial charge on any atom is -0.382 e. The molecule has 0 aliphatic carbocycles. The summed E-state index contributed by atoms with van der Waals surface area (Å²) in [6.07, 6.45) is 0. The zero-order valence-corrected chi connectivity index (χ0v) is 14.3. The van der Waals surface area contributed by atoms with Gasteiger partial charge in [-0.15, -0.1) is 5.10 Å². The molecule has 0 saturated carbocycles. The van der Waals surface area contributed by atoms with Crippen molar-refractivity contribution in [1.29, 1.82) is 0 Å². The van der Waals surface area contributed by atoms with Crippen LogP contribution in [0.15, 0.2) is 54.6 Å². The van der Waals surface area contributed by atoms with E-state index in [2.05, 4.69) is 20.5 Å². The minimum atomic E-state index is -0.461. The van der Waals surface area contributed by atoms with E-state index in [4.69, 9.17) is 5.73 Å². The van der Waals surface area contributed by atoms with Crippen molar-refractivity contribution < 1.29 is 4.92 Å². The molecule has 0 atom stereocenters. The van der Waals surface area contributed by atoms with Crippen molar-refractivity contribution in [2.75, 3.05) is 5.73 Å². The van der Waals surface area contributed by atoms with Crippen molar-refractivity contribution in [2.24, 2.45) is 0 Å². The average molecular weight is 361 g/mol. The van der Waals surface area contributed by atoms with Gasteiger partial charge in [0, 0.05) is 17.7 Å². The Labute approximate surface area is 153 Å². The highest BCUT2D eigenvalue weighted by molar-refractivity contribution is 5.72. The maximum absolute atomic E-state index is 10.8. The molecule has 0 amide bonds. The number of nitro groups is 1. The van der Waals surface area contributed by atoms with Crippen molar-refractivity contribution in [1.82, 2.24) is 25.2 Å². The summed E-state index contributed by atoms with van der Waals surface area (Å²) < 4.78 is 1.42. The van der Waals surface area contributed by atoms with Crippen LogP contribution in [0.5, 0.6) is 0 Å². The number of nitrogens with one attached hydrogen (secondary N) is 1. The number of nitro benzene ring substituents is 1. The van der Waals surface area contributed by atoms with Crippen LogP contribution in [-0.4, -0.2) is 30.1 Å². The van der Waals surface area contributed by atoms with Gasteiger partial charge in [-0.2, -0.15) is 9.78 Å². The molecule has 4 aromatic rings. The van der Waals surface area contributed by atoms with Crippen molar-refractivity contribution in [3.05, 3.63) is 70.3 Å². The molecule has 4 rings (SSSR count). The van der Waals surface area contributed by atoms with Crippen LogP contribution in [0.25, 0.3) is 28.3 Å². The van der Waals surface area contributed by atoms with Crippen LogP contribution in [0.2, 0.25) is 0 Å². The lowest BCUT2D eigenvalue weighted by Crippen LogP contribution is -2.02. The summed E-state index contributed by atoms with van der Waals surface area (Å²) in [6, 6.07) is 15.8. The molecular weight excluding hydrogens is 346 g/mol. The summed E-state index contributed by atoms with van der Waals surface area (Å²) in [5, 5.41) is 26.2. The number of nitrogen functional groups attached to an aromatic ring is 1. The van der Waals surface area contributed by atoms with Gasteiger partial charge in [0.25, 0.3) is 5.69 Å². The van der Waals surface area contributed by atoms with Gasteiger partial charge in [-0.25, -0.2) is 0 Å². The number of H-pyrrole nitrogens is 1. The number of aromatic nitrogens is 5. The maximum atomic E-state index is 10.8. The third kappa shape index (κ3) is 3.01. The van der Waals surface area contributed by atoms with Gasteiger partial charge in [-0.05, 0) is 25.1 Å². The molecule has 0 fully saturated rings. The van der Waals surface area contributed by atoms with Crippen LogP contribution in [0.3, 0.4) is 0 Å². The fourth-order valence-corrected chi connectivity index (χ4v) is 2.70. The van der Waals surface area contributed by atoms with Crippen LogP contribution in [0.1, 0.15) is 5.56 Å². The topological polar surface area (TPSA) is 129 Å². The highest BCUT2D eigenvalue weighted by Gasteiger charge is 2.16. The van der Waals surface area contributed by atoms with E-state index in [0.29, 0.717) is 22.9 Å². The summed E-state index contributed by atoms with van der Waals surface area (Å²) in [5.41, 5.74) is 10.8. The number of rotatable bonds is 4. The van der Waals surface area contributed by atoms with E-state index in [0.717, 1.165) is 11.3 Å². The Balaban J connectivity index is 1.66. The van der Waals surface area contributed by atoms with E-state index in [1.165, 1.54) is 22.4 Å². The average Bonchev–Trinajstić information content (AvgIpc) is 3.29. The summed E-state index contributed by atoms with van der Waals surface area (Å²) in [5.74, 6) is 0.308. The quantitative estimate of drug-likeness (QED) is 0.424. The van der Waals surface area contributed by atoms with Crippen LogP contribution in [-0.2, 0) is 0 Å². The zero-order valence-electron chi connectivity index (χ0n) is 14.3. The Morgan fingerprint density at radius 1 is 1.11 bits per heavy atom. The van der Waals surface area contributed by atoms with E-state index in [1.54, 1.807) is 12.1 Å². The molecular formula is C18H15N7O2.